The van der Waals surface area contributed by atoms with Crippen LogP contribution in [0.15, 0.2) is 48.2 Å². The van der Waals surface area contributed by atoms with E-state index in [-0.39, 0.29) is 28.4 Å². The minimum Gasteiger partial charge on any atom is -0.571 e. The van der Waals surface area contributed by atoms with Crippen molar-refractivity contribution >= 4 is 12.0 Å². The fourth-order valence-corrected chi connectivity index (χ4v) is 5.99. The molecule has 0 spiro atoms. The maximum absolute atomic E-state index is 13.3. The van der Waals surface area contributed by atoms with Crippen LogP contribution in [-0.2, 0) is 23.7 Å². The van der Waals surface area contributed by atoms with Crippen LogP contribution in [0.4, 0.5) is 0 Å². The Morgan fingerprint density at radius 2 is 1.43 bits per heavy atom. The summed E-state index contributed by atoms with van der Waals surface area (Å²) >= 11 is 0. The van der Waals surface area contributed by atoms with Crippen molar-refractivity contribution in [3.05, 3.63) is 64.9 Å². The van der Waals surface area contributed by atoms with Crippen molar-refractivity contribution in [1.82, 2.24) is 0 Å². The van der Waals surface area contributed by atoms with Gasteiger partial charge in [-0.2, -0.15) is 0 Å². The van der Waals surface area contributed by atoms with E-state index in [1.807, 2.05) is 0 Å². The molecule has 2 fully saturated rings. The maximum Gasteiger partial charge on any atom is 0.339 e. The molecule has 53 heavy (non-hydrogen) atoms. The zero-order chi connectivity index (χ0) is 38.5. The number of carbonyl (C=O) groups is 1. The second-order valence-corrected chi connectivity index (χ2v) is 12.6. The number of esters is 1. The molecule has 3 heterocycles. The topological polar surface area (TPSA) is 319 Å². The number of ether oxygens (including phenoxy) is 6. The first-order chi connectivity index (χ1) is 25.0. The number of fused-ring (bicyclic) bond motifs is 1. The SMILES string of the molecule is C[C@@H]1O[C@@H](OC[C@H]2O[C@@H](OC3=Cc4c(O)cc(O)cc4[OH+]C3c3ccc(O)c(O)c3)[C@@H](OC(=O)c3cc(O)c(O)c(O)c3)[C@H](O)[C@@H]2O)[C@H](O)[C@@H](O)[C@H]1O. The standard InChI is InChI=1S/C34H36O19/c1-11-24(41)27(44)29(46)33(49-11)48-10-23-26(43)28(45)31(53-32(47)13-5-19(39)25(42)20(40)6-13)34(52-23)51-22-9-15-17(37)7-14(35)8-21(15)50-30(22)12-2-3-16(36)18(38)4-12/h2-9,11,23-24,26-31,33-46H,10H2,1H3/p+1/t11-,23+,24-,26+,27-,28+,29+,30?,31-,33+,34+/m0/s1. The molecule has 6 rings (SSSR count). The molecule has 13 N–H and O–H groups in total. The van der Waals surface area contributed by atoms with Crippen LogP contribution >= 0.6 is 0 Å². The summed E-state index contributed by atoms with van der Waals surface area (Å²) < 4.78 is 33.1. The second kappa shape index (κ2) is 14.6. The number of rotatable bonds is 8. The van der Waals surface area contributed by atoms with E-state index >= 15 is 0 Å². The van der Waals surface area contributed by atoms with E-state index in [2.05, 4.69) is 4.74 Å². The van der Waals surface area contributed by atoms with Crippen LogP contribution in [0.5, 0.6) is 46.0 Å². The van der Waals surface area contributed by atoms with Crippen LogP contribution in [-0.4, -0.2) is 140 Å². The number of hydrogen-bond donors (Lipinski definition) is 12. The molecule has 3 aromatic rings. The third-order valence-electron chi connectivity index (χ3n) is 8.94. The number of aliphatic hydroxyl groups is 6. The van der Waals surface area contributed by atoms with Gasteiger partial charge in [-0.1, -0.05) is 0 Å². The Morgan fingerprint density at radius 3 is 2.11 bits per heavy atom. The van der Waals surface area contributed by atoms with Crippen molar-refractivity contribution in [1.29, 1.82) is 0 Å². The third-order valence-corrected chi connectivity index (χ3v) is 8.94. The molecule has 3 aliphatic rings. The Labute approximate surface area is 298 Å². The molecule has 19 heteroatoms. The van der Waals surface area contributed by atoms with Crippen LogP contribution in [0.1, 0.15) is 34.5 Å². The molecule has 286 valence electrons. The van der Waals surface area contributed by atoms with E-state index in [9.17, 15) is 66.1 Å². The molecule has 0 aliphatic carbocycles. The third kappa shape index (κ3) is 7.36. The van der Waals surface area contributed by atoms with E-state index in [1.54, 1.807) is 0 Å². The van der Waals surface area contributed by atoms with Gasteiger partial charge in [0, 0.05) is 12.1 Å². The van der Waals surface area contributed by atoms with Crippen molar-refractivity contribution in [3.8, 4) is 46.0 Å². The summed E-state index contributed by atoms with van der Waals surface area (Å²) in [5.74, 6) is -5.92. The summed E-state index contributed by atoms with van der Waals surface area (Å²) in [5.41, 5.74) is -0.279. The minimum absolute atomic E-state index is 0.0372. The monoisotopic (exact) mass is 749 g/mol. The number of phenols is 7. The Hall–Kier alpha value is -5.25. The fourth-order valence-electron chi connectivity index (χ4n) is 5.99. The average molecular weight is 750 g/mol. The molecular weight excluding hydrogens is 712 g/mol. The summed E-state index contributed by atoms with van der Waals surface area (Å²) in [6.07, 6.45) is -16.6. The van der Waals surface area contributed by atoms with Gasteiger partial charge in [0.1, 0.15) is 53.7 Å². The predicted octanol–water partition coefficient (Wildman–Crippen LogP) is -0.504. The molecule has 1 unspecified atom stereocenters. The average Bonchev–Trinajstić information content (AvgIpc) is 3.11. The number of benzene rings is 3. The molecule has 11 atom stereocenters. The second-order valence-electron chi connectivity index (χ2n) is 12.6. The van der Waals surface area contributed by atoms with Crippen molar-refractivity contribution in [2.45, 2.75) is 74.4 Å². The van der Waals surface area contributed by atoms with Gasteiger partial charge in [-0.3, -0.25) is 0 Å². The molecule has 3 aliphatic heterocycles. The van der Waals surface area contributed by atoms with Crippen LogP contribution in [0.25, 0.3) is 6.08 Å². The quantitative estimate of drug-likeness (QED) is 0.0784. The van der Waals surface area contributed by atoms with Gasteiger partial charge >= 0.3 is 5.97 Å². The fraction of sp³-hybridized carbons (Fsp3) is 0.382. The zero-order valence-electron chi connectivity index (χ0n) is 27.4. The van der Waals surface area contributed by atoms with E-state index in [4.69, 9.17) is 23.7 Å². The normalized spacial score (nSPS) is 31.1. The molecule has 0 radical (unpaired) electrons. The summed E-state index contributed by atoms with van der Waals surface area (Å²) in [7, 11) is 0. The lowest BCUT2D eigenvalue weighted by Gasteiger charge is -2.43. The molecular formula is C34H37O19+. The predicted molar refractivity (Wildman–Crippen MR) is 173 cm³/mol. The number of aromatic hydroxyl groups is 8. The van der Waals surface area contributed by atoms with Crippen molar-refractivity contribution in [3.63, 3.8) is 0 Å². The maximum atomic E-state index is 13.3. The summed E-state index contributed by atoms with van der Waals surface area (Å²) in [6.45, 7) is 0.754. The van der Waals surface area contributed by atoms with Gasteiger partial charge in [-0.25, -0.2) is 4.79 Å². The molecule has 19 nitrogen and oxygen atoms in total. The van der Waals surface area contributed by atoms with Gasteiger partial charge in [-0.05, 0) is 37.3 Å². The van der Waals surface area contributed by atoms with Gasteiger partial charge < -0.3 is 89.7 Å². The van der Waals surface area contributed by atoms with E-state index < -0.39 is 120 Å². The number of carbonyl (C=O) groups excluding carboxylic acids is 1. The Bertz CT molecular complexity index is 1860. The van der Waals surface area contributed by atoms with Crippen LogP contribution < -0.4 is 0 Å². The highest BCUT2D eigenvalue weighted by molar-refractivity contribution is 5.91. The molecule has 0 saturated carbocycles. The lowest BCUT2D eigenvalue weighted by molar-refractivity contribution is -0.324. The minimum atomic E-state index is -2.04. The summed E-state index contributed by atoms with van der Waals surface area (Å²) in [5, 5.41) is 124. The van der Waals surface area contributed by atoms with Crippen molar-refractivity contribution in [2.24, 2.45) is 0 Å². The molecule has 0 amide bonds. The van der Waals surface area contributed by atoms with Gasteiger partial charge in [0.15, 0.2) is 46.9 Å². The number of phenolic OH excluding ortho intramolecular Hbond substituents is 7. The highest BCUT2D eigenvalue weighted by atomic mass is 16.7. The highest BCUT2D eigenvalue weighted by Gasteiger charge is 2.51. The Balaban J connectivity index is 1.35. The Morgan fingerprint density at radius 1 is 0.736 bits per heavy atom. The first-order valence-corrected chi connectivity index (χ1v) is 16.0. The lowest BCUT2D eigenvalue weighted by atomic mass is 9.97. The largest absolute Gasteiger partial charge is 0.571 e. The van der Waals surface area contributed by atoms with E-state index in [0.29, 0.717) is 0 Å². The van der Waals surface area contributed by atoms with E-state index in [0.717, 1.165) is 30.3 Å². The van der Waals surface area contributed by atoms with Gasteiger partial charge in [0.25, 0.3) is 11.9 Å². The highest BCUT2D eigenvalue weighted by Crippen LogP contribution is 2.46. The van der Waals surface area contributed by atoms with Gasteiger partial charge in [0.05, 0.1) is 29.9 Å². The first-order valence-electron chi connectivity index (χ1n) is 16.0. The lowest BCUT2D eigenvalue weighted by Crippen LogP contribution is -2.62. The smallest absolute Gasteiger partial charge is 0.339 e. The van der Waals surface area contributed by atoms with Gasteiger partial charge in [0.2, 0.25) is 6.29 Å². The van der Waals surface area contributed by atoms with Crippen LogP contribution in [0, 0.1) is 0 Å². The van der Waals surface area contributed by atoms with E-state index in [1.165, 1.54) is 25.1 Å². The van der Waals surface area contributed by atoms with Crippen LogP contribution in [0.2, 0.25) is 0 Å². The number of aliphatic hydroxyl groups excluding tert-OH is 5. The van der Waals surface area contributed by atoms with Gasteiger partial charge in [-0.15, -0.1) is 0 Å². The Kier molecular flexibility index (Phi) is 10.4. The first kappa shape index (κ1) is 37.5. The summed E-state index contributed by atoms with van der Waals surface area (Å²) in [6, 6.07) is 7.43. The molecule has 0 bridgehead atoms. The molecule has 0 aromatic heterocycles. The zero-order valence-corrected chi connectivity index (χ0v) is 27.4. The molecule has 2 saturated heterocycles. The molecule has 3 aromatic carbocycles. The summed E-state index contributed by atoms with van der Waals surface area (Å²) in [4.78, 5) is 13.3. The number of hydrogen-bond acceptors (Lipinski definition) is 18. The van der Waals surface area contributed by atoms with Crippen molar-refractivity contribution < 1.29 is 94.5 Å². The van der Waals surface area contributed by atoms with Crippen molar-refractivity contribution in [2.75, 3.05) is 6.61 Å². The van der Waals surface area contributed by atoms with Crippen LogP contribution in [0.3, 0.4) is 0 Å².